The molecule has 0 aliphatic carbocycles. The number of hydrogen-bond donors (Lipinski definition) is 2. The molecule has 1 unspecified atom stereocenters. The molecule has 2 rings (SSSR count). The highest BCUT2D eigenvalue weighted by molar-refractivity contribution is 9.10. The summed E-state index contributed by atoms with van der Waals surface area (Å²) in [7, 11) is 1.51. The SMILES string of the molecule is COc1cccc(F)c1C(NN)c1sccc1Br. The van der Waals surface area contributed by atoms with Gasteiger partial charge in [-0.1, -0.05) is 6.07 Å². The van der Waals surface area contributed by atoms with Crippen molar-refractivity contribution in [2.75, 3.05) is 7.11 Å². The van der Waals surface area contributed by atoms with Crippen molar-refractivity contribution in [3.63, 3.8) is 0 Å². The first-order chi connectivity index (χ1) is 8.69. The maximum absolute atomic E-state index is 14.0. The van der Waals surface area contributed by atoms with Crippen molar-refractivity contribution in [1.82, 2.24) is 5.43 Å². The van der Waals surface area contributed by atoms with Crippen molar-refractivity contribution in [1.29, 1.82) is 0 Å². The molecule has 18 heavy (non-hydrogen) atoms. The second kappa shape index (κ2) is 5.79. The third-order valence-electron chi connectivity index (χ3n) is 2.60. The number of nitrogens with one attached hydrogen (secondary N) is 1. The van der Waals surface area contributed by atoms with E-state index in [1.165, 1.54) is 24.5 Å². The Labute approximate surface area is 117 Å². The van der Waals surface area contributed by atoms with Gasteiger partial charge in [-0.05, 0) is 39.5 Å². The fourth-order valence-electron chi connectivity index (χ4n) is 1.78. The highest BCUT2D eigenvalue weighted by Crippen LogP contribution is 2.37. The molecule has 0 bridgehead atoms. The van der Waals surface area contributed by atoms with Gasteiger partial charge in [-0.15, -0.1) is 11.3 Å². The van der Waals surface area contributed by atoms with Crippen molar-refractivity contribution in [3.05, 3.63) is 50.4 Å². The van der Waals surface area contributed by atoms with Crippen LogP contribution >= 0.6 is 27.3 Å². The monoisotopic (exact) mass is 330 g/mol. The molecular formula is C12H12BrFN2OS. The molecule has 96 valence electrons. The molecule has 0 aliphatic rings. The molecule has 0 fully saturated rings. The minimum absolute atomic E-state index is 0.349. The second-order valence-corrected chi connectivity index (χ2v) is 5.39. The van der Waals surface area contributed by atoms with Gasteiger partial charge in [-0.2, -0.15) is 0 Å². The predicted molar refractivity (Wildman–Crippen MR) is 74.1 cm³/mol. The normalized spacial score (nSPS) is 12.4. The van der Waals surface area contributed by atoms with E-state index in [2.05, 4.69) is 21.4 Å². The molecule has 3 nitrogen and oxygen atoms in total. The molecule has 0 saturated carbocycles. The standard InChI is InChI=1S/C12H12BrFN2OS/c1-17-9-4-2-3-8(14)10(9)11(16-15)12-7(13)5-6-18-12/h2-6,11,16H,15H2,1H3. The average molecular weight is 331 g/mol. The van der Waals surface area contributed by atoms with E-state index in [4.69, 9.17) is 10.6 Å². The summed E-state index contributed by atoms with van der Waals surface area (Å²) < 4.78 is 20.1. The summed E-state index contributed by atoms with van der Waals surface area (Å²) in [5.74, 6) is 5.69. The van der Waals surface area contributed by atoms with Crippen molar-refractivity contribution < 1.29 is 9.13 Å². The average Bonchev–Trinajstić information content (AvgIpc) is 2.79. The van der Waals surface area contributed by atoms with Crippen LogP contribution in [-0.2, 0) is 0 Å². The van der Waals surface area contributed by atoms with Gasteiger partial charge in [-0.3, -0.25) is 5.84 Å². The van der Waals surface area contributed by atoms with Crippen molar-refractivity contribution >= 4 is 27.3 Å². The van der Waals surface area contributed by atoms with Crippen LogP contribution in [0.3, 0.4) is 0 Å². The van der Waals surface area contributed by atoms with E-state index in [-0.39, 0.29) is 5.82 Å². The maximum Gasteiger partial charge on any atom is 0.132 e. The van der Waals surface area contributed by atoms with E-state index in [9.17, 15) is 4.39 Å². The van der Waals surface area contributed by atoms with E-state index >= 15 is 0 Å². The Bertz CT molecular complexity index is 547. The van der Waals surface area contributed by atoms with E-state index in [1.54, 1.807) is 12.1 Å². The van der Waals surface area contributed by atoms with Crippen molar-refractivity contribution in [2.45, 2.75) is 6.04 Å². The number of rotatable bonds is 4. The Hall–Kier alpha value is -0.950. The molecule has 1 heterocycles. The highest BCUT2D eigenvalue weighted by Gasteiger charge is 2.23. The third-order valence-corrected chi connectivity index (χ3v) is 4.53. The first-order valence-corrected chi connectivity index (χ1v) is 6.87. The number of nitrogens with two attached hydrogens (primary N) is 1. The topological polar surface area (TPSA) is 47.3 Å². The second-order valence-electron chi connectivity index (χ2n) is 3.59. The first-order valence-electron chi connectivity index (χ1n) is 5.20. The summed E-state index contributed by atoms with van der Waals surface area (Å²) in [6.45, 7) is 0. The van der Waals surface area contributed by atoms with E-state index < -0.39 is 6.04 Å². The molecule has 0 amide bonds. The molecule has 1 atom stereocenters. The number of halogens is 2. The summed E-state index contributed by atoms with van der Waals surface area (Å²) in [6, 6.07) is 6.16. The molecule has 1 aromatic heterocycles. The summed E-state index contributed by atoms with van der Waals surface area (Å²) >= 11 is 4.92. The van der Waals surface area contributed by atoms with Gasteiger partial charge < -0.3 is 4.74 Å². The van der Waals surface area contributed by atoms with Crippen LogP contribution in [0.15, 0.2) is 34.1 Å². The molecular weight excluding hydrogens is 319 g/mol. The lowest BCUT2D eigenvalue weighted by molar-refractivity contribution is 0.397. The van der Waals surface area contributed by atoms with Gasteiger partial charge in [0.25, 0.3) is 0 Å². The molecule has 2 aromatic rings. The lowest BCUT2D eigenvalue weighted by atomic mass is 10.0. The van der Waals surface area contributed by atoms with Crippen molar-refractivity contribution in [3.8, 4) is 5.75 Å². The quantitative estimate of drug-likeness (QED) is 0.668. The van der Waals surface area contributed by atoms with Gasteiger partial charge in [0.15, 0.2) is 0 Å². The van der Waals surface area contributed by atoms with Gasteiger partial charge in [0.05, 0.1) is 18.7 Å². The van der Waals surface area contributed by atoms with Crippen LogP contribution in [0.4, 0.5) is 4.39 Å². The number of methoxy groups -OCH3 is 1. The number of ether oxygens (including phenoxy) is 1. The lowest BCUT2D eigenvalue weighted by Crippen LogP contribution is -2.29. The molecule has 0 saturated heterocycles. The minimum atomic E-state index is -0.449. The van der Waals surface area contributed by atoms with E-state index in [0.717, 1.165) is 9.35 Å². The molecule has 0 radical (unpaired) electrons. The number of hydrogen-bond acceptors (Lipinski definition) is 4. The first kappa shape index (κ1) is 13.5. The van der Waals surface area contributed by atoms with Crippen LogP contribution in [0, 0.1) is 5.82 Å². The molecule has 3 N–H and O–H groups in total. The van der Waals surface area contributed by atoms with Crippen molar-refractivity contribution in [2.24, 2.45) is 5.84 Å². The van der Waals surface area contributed by atoms with E-state index in [1.807, 2.05) is 11.4 Å². The maximum atomic E-state index is 14.0. The fraction of sp³-hybridized carbons (Fsp3) is 0.167. The fourth-order valence-corrected chi connectivity index (χ4v) is 3.45. The number of benzene rings is 1. The van der Waals surface area contributed by atoms with Gasteiger partial charge in [0, 0.05) is 9.35 Å². The molecule has 0 spiro atoms. The van der Waals surface area contributed by atoms with E-state index in [0.29, 0.717) is 11.3 Å². The van der Waals surface area contributed by atoms with Crippen LogP contribution < -0.4 is 16.0 Å². The van der Waals surface area contributed by atoms with Gasteiger partial charge in [-0.25, -0.2) is 9.82 Å². The van der Waals surface area contributed by atoms with Crippen LogP contribution in [-0.4, -0.2) is 7.11 Å². The van der Waals surface area contributed by atoms with Crippen LogP contribution in [0.1, 0.15) is 16.5 Å². The number of hydrazine groups is 1. The minimum Gasteiger partial charge on any atom is -0.496 e. The highest BCUT2D eigenvalue weighted by atomic mass is 79.9. The summed E-state index contributed by atoms with van der Waals surface area (Å²) in [6.07, 6.45) is 0. The van der Waals surface area contributed by atoms with Gasteiger partial charge in [0.1, 0.15) is 11.6 Å². The Morgan fingerprint density at radius 2 is 2.22 bits per heavy atom. The largest absolute Gasteiger partial charge is 0.496 e. The Morgan fingerprint density at radius 3 is 2.78 bits per heavy atom. The van der Waals surface area contributed by atoms with Gasteiger partial charge >= 0.3 is 0 Å². The molecule has 6 heteroatoms. The predicted octanol–water partition coefficient (Wildman–Crippen LogP) is 3.21. The Kier molecular flexibility index (Phi) is 4.34. The summed E-state index contributed by atoms with van der Waals surface area (Å²) in [5, 5.41) is 1.91. The lowest BCUT2D eigenvalue weighted by Gasteiger charge is -2.19. The molecule has 1 aromatic carbocycles. The third kappa shape index (κ3) is 2.42. The molecule has 0 aliphatic heterocycles. The zero-order valence-corrected chi connectivity index (χ0v) is 12.0. The smallest absolute Gasteiger partial charge is 0.132 e. The summed E-state index contributed by atoms with van der Waals surface area (Å²) in [4.78, 5) is 0.904. The Balaban J connectivity index is 2.55. The van der Waals surface area contributed by atoms with Crippen LogP contribution in [0.2, 0.25) is 0 Å². The van der Waals surface area contributed by atoms with Gasteiger partial charge in [0.2, 0.25) is 0 Å². The summed E-state index contributed by atoms with van der Waals surface area (Å²) in [5.41, 5.74) is 3.05. The number of thiophene rings is 1. The zero-order chi connectivity index (χ0) is 13.1. The van der Waals surface area contributed by atoms with Crippen LogP contribution in [0.25, 0.3) is 0 Å². The van der Waals surface area contributed by atoms with Crippen LogP contribution in [0.5, 0.6) is 5.75 Å². The Morgan fingerprint density at radius 1 is 1.44 bits per heavy atom. The zero-order valence-electron chi connectivity index (χ0n) is 9.61.